The topological polar surface area (TPSA) is 26.0 Å². The van der Waals surface area contributed by atoms with E-state index >= 15 is 0 Å². The molecule has 0 aliphatic carbocycles. The molecular formula is C11H13NS. The van der Waals surface area contributed by atoms with Crippen LogP contribution in [0.2, 0.25) is 0 Å². The fourth-order valence-electron chi connectivity index (χ4n) is 1.50. The van der Waals surface area contributed by atoms with E-state index in [2.05, 4.69) is 29.6 Å². The van der Waals surface area contributed by atoms with Crippen LogP contribution in [0.3, 0.4) is 0 Å². The Morgan fingerprint density at radius 1 is 1.23 bits per heavy atom. The fourth-order valence-corrected chi connectivity index (χ4v) is 2.58. The molecule has 1 heterocycles. The van der Waals surface area contributed by atoms with Crippen molar-refractivity contribution in [3.63, 3.8) is 0 Å². The molecule has 0 radical (unpaired) electrons. The van der Waals surface area contributed by atoms with Gasteiger partial charge in [-0.25, -0.2) is 0 Å². The lowest BCUT2D eigenvalue weighted by Crippen LogP contribution is -2.28. The molecule has 0 bridgehead atoms. The van der Waals surface area contributed by atoms with Crippen molar-refractivity contribution in [2.75, 3.05) is 0 Å². The minimum absolute atomic E-state index is 0.246. The Balaban J connectivity index is 2.75. The predicted molar refractivity (Wildman–Crippen MR) is 59.0 cm³/mol. The van der Waals surface area contributed by atoms with E-state index in [1.54, 1.807) is 11.3 Å². The molecule has 68 valence electrons. The second-order valence-corrected chi connectivity index (χ2v) is 4.78. The lowest BCUT2D eigenvalue weighted by atomic mass is 9.95. The van der Waals surface area contributed by atoms with Crippen LogP contribution in [0.25, 0.3) is 10.1 Å². The molecule has 0 aliphatic heterocycles. The normalized spacial score (nSPS) is 12.2. The number of thiophene rings is 1. The van der Waals surface area contributed by atoms with E-state index in [9.17, 15) is 0 Å². The third-order valence-corrected chi connectivity index (χ3v) is 3.14. The number of hydrogen-bond donors (Lipinski definition) is 1. The van der Waals surface area contributed by atoms with Crippen molar-refractivity contribution in [1.29, 1.82) is 0 Å². The van der Waals surface area contributed by atoms with Crippen LogP contribution in [-0.2, 0) is 5.54 Å². The van der Waals surface area contributed by atoms with Gasteiger partial charge in [0.15, 0.2) is 0 Å². The molecule has 0 aliphatic rings. The molecule has 0 saturated heterocycles. The molecule has 1 aromatic heterocycles. The summed E-state index contributed by atoms with van der Waals surface area (Å²) in [5.41, 5.74) is 7.08. The van der Waals surface area contributed by atoms with E-state index in [4.69, 9.17) is 5.73 Å². The Hall–Kier alpha value is -0.860. The van der Waals surface area contributed by atoms with Crippen LogP contribution >= 0.6 is 11.3 Å². The highest BCUT2D eigenvalue weighted by atomic mass is 32.1. The fraction of sp³-hybridized carbons (Fsp3) is 0.273. The van der Waals surface area contributed by atoms with Crippen LogP contribution in [0, 0.1) is 0 Å². The molecule has 1 nitrogen and oxygen atoms in total. The van der Waals surface area contributed by atoms with Crippen molar-refractivity contribution in [2.24, 2.45) is 5.73 Å². The lowest BCUT2D eigenvalue weighted by Gasteiger charge is -2.19. The summed E-state index contributed by atoms with van der Waals surface area (Å²) in [6.45, 7) is 4.09. The number of fused-ring (bicyclic) bond motifs is 1. The summed E-state index contributed by atoms with van der Waals surface area (Å²) in [6, 6.07) is 8.44. The molecule has 2 rings (SSSR count). The van der Waals surface area contributed by atoms with Gasteiger partial charge in [-0.2, -0.15) is 0 Å². The summed E-state index contributed by atoms with van der Waals surface area (Å²) >= 11 is 1.76. The highest BCUT2D eigenvalue weighted by Gasteiger charge is 2.17. The number of benzene rings is 1. The number of hydrogen-bond acceptors (Lipinski definition) is 2. The molecule has 2 aromatic rings. The van der Waals surface area contributed by atoms with Crippen LogP contribution in [0.4, 0.5) is 0 Å². The highest BCUT2D eigenvalue weighted by Crippen LogP contribution is 2.30. The molecule has 0 spiro atoms. The van der Waals surface area contributed by atoms with E-state index < -0.39 is 0 Å². The van der Waals surface area contributed by atoms with Gasteiger partial charge in [0.1, 0.15) is 0 Å². The maximum atomic E-state index is 6.09. The van der Waals surface area contributed by atoms with Gasteiger partial charge in [0.2, 0.25) is 0 Å². The Labute approximate surface area is 82.2 Å². The summed E-state index contributed by atoms with van der Waals surface area (Å²) in [5, 5.41) is 3.40. The number of nitrogens with two attached hydrogens (primary N) is 1. The Morgan fingerprint density at radius 2 is 2.00 bits per heavy atom. The van der Waals surface area contributed by atoms with E-state index in [1.807, 2.05) is 13.8 Å². The Morgan fingerprint density at radius 3 is 2.69 bits per heavy atom. The van der Waals surface area contributed by atoms with Crippen LogP contribution in [0.5, 0.6) is 0 Å². The van der Waals surface area contributed by atoms with Gasteiger partial charge in [0.05, 0.1) is 0 Å². The minimum Gasteiger partial charge on any atom is -0.322 e. The van der Waals surface area contributed by atoms with Gasteiger partial charge >= 0.3 is 0 Å². The second kappa shape index (κ2) is 2.82. The van der Waals surface area contributed by atoms with Gasteiger partial charge in [0, 0.05) is 10.2 Å². The van der Waals surface area contributed by atoms with Crippen molar-refractivity contribution in [1.82, 2.24) is 0 Å². The second-order valence-electron chi connectivity index (χ2n) is 3.87. The summed E-state index contributed by atoms with van der Waals surface area (Å²) in [6.07, 6.45) is 0. The number of rotatable bonds is 1. The summed E-state index contributed by atoms with van der Waals surface area (Å²) in [7, 11) is 0. The lowest BCUT2D eigenvalue weighted by molar-refractivity contribution is 0.560. The van der Waals surface area contributed by atoms with E-state index in [0.717, 1.165) is 0 Å². The molecular weight excluding hydrogens is 178 g/mol. The van der Waals surface area contributed by atoms with Crippen LogP contribution < -0.4 is 5.73 Å². The highest BCUT2D eigenvalue weighted by molar-refractivity contribution is 7.17. The molecule has 0 fully saturated rings. The van der Waals surface area contributed by atoms with E-state index in [1.165, 1.54) is 15.6 Å². The molecule has 2 heteroatoms. The first-order valence-corrected chi connectivity index (χ1v) is 5.22. The van der Waals surface area contributed by atoms with Crippen LogP contribution in [-0.4, -0.2) is 0 Å². The van der Waals surface area contributed by atoms with Crippen molar-refractivity contribution in [3.05, 3.63) is 35.2 Å². The predicted octanol–water partition coefficient (Wildman–Crippen LogP) is 3.10. The van der Waals surface area contributed by atoms with Gasteiger partial charge in [-0.1, -0.05) is 18.2 Å². The molecule has 13 heavy (non-hydrogen) atoms. The maximum absolute atomic E-state index is 6.09. The maximum Gasteiger partial charge on any atom is 0.0393 e. The third-order valence-electron chi connectivity index (χ3n) is 2.17. The van der Waals surface area contributed by atoms with E-state index in [0.29, 0.717) is 0 Å². The van der Waals surface area contributed by atoms with Crippen LogP contribution in [0.1, 0.15) is 19.4 Å². The monoisotopic (exact) mass is 191 g/mol. The van der Waals surface area contributed by atoms with Crippen molar-refractivity contribution in [3.8, 4) is 0 Å². The molecule has 0 saturated carbocycles. The summed E-state index contributed by atoms with van der Waals surface area (Å²) in [4.78, 5) is 0. The summed E-state index contributed by atoms with van der Waals surface area (Å²) < 4.78 is 1.31. The van der Waals surface area contributed by atoms with Crippen LogP contribution in [0.15, 0.2) is 29.6 Å². The van der Waals surface area contributed by atoms with Gasteiger partial charge < -0.3 is 5.73 Å². The zero-order valence-corrected chi connectivity index (χ0v) is 8.69. The van der Waals surface area contributed by atoms with Gasteiger partial charge in [-0.05, 0) is 36.2 Å². The quantitative estimate of drug-likeness (QED) is 0.736. The summed E-state index contributed by atoms with van der Waals surface area (Å²) in [5.74, 6) is 0. The standard InChI is InChI=1S/C11H13NS/c1-11(2,12)9-5-3-4-8-6-7-13-10(8)9/h3-7H,12H2,1-2H3. The first-order valence-electron chi connectivity index (χ1n) is 4.34. The minimum atomic E-state index is -0.246. The smallest absolute Gasteiger partial charge is 0.0393 e. The third kappa shape index (κ3) is 1.47. The average molecular weight is 191 g/mol. The average Bonchev–Trinajstić information content (AvgIpc) is 2.48. The van der Waals surface area contributed by atoms with Crippen molar-refractivity contribution < 1.29 is 0 Å². The SMILES string of the molecule is CC(C)(N)c1cccc2ccsc12. The van der Waals surface area contributed by atoms with Crippen molar-refractivity contribution >= 4 is 21.4 Å². The Bertz CT molecular complexity index is 423. The molecule has 0 unspecified atom stereocenters. The van der Waals surface area contributed by atoms with E-state index in [-0.39, 0.29) is 5.54 Å². The zero-order chi connectivity index (χ0) is 9.47. The first-order chi connectivity index (χ1) is 6.09. The first kappa shape index (κ1) is 8.73. The molecule has 0 amide bonds. The van der Waals surface area contributed by atoms with Gasteiger partial charge in [-0.3, -0.25) is 0 Å². The van der Waals surface area contributed by atoms with Crippen molar-refractivity contribution in [2.45, 2.75) is 19.4 Å². The van der Waals surface area contributed by atoms with Gasteiger partial charge in [-0.15, -0.1) is 11.3 Å². The molecule has 2 N–H and O–H groups in total. The zero-order valence-electron chi connectivity index (χ0n) is 7.87. The molecule has 0 atom stereocenters. The largest absolute Gasteiger partial charge is 0.322 e. The molecule has 1 aromatic carbocycles. The Kier molecular flexibility index (Phi) is 1.90. The van der Waals surface area contributed by atoms with Gasteiger partial charge in [0.25, 0.3) is 0 Å².